The van der Waals surface area contributed by atoms with Gasteiger partial charge in [0, 0.05) is 24.8 Å². The van der Waals surface area contributed by atoms with Gasteiger partial charge in [0.05, 0.1) is 12.0 Å². The Labute approximate surface area is 140 Å². The molecule has 0 unspecified atom stereocenters. The molecule has 6 heteroatoms. The van der Waals surface area contributed by atoms with E-state index in [-0.39, 0.29) is 5.91 Å². The number of fused-ring (bicyclic) bond motifs is 1. The summed E-state index contributed by atoms with van der Waals surface area (Å²) in [6.07, 6.45) is 4.57. The minimum atomic E-state index is -0.151. The summed E-state index contributed by atoms with van der Waals surface area (Å²) in [5.41, 5.74) is 2.77. The zero-order chi connectivity index (χ0) is 16.8. The molecule has 2 heterocycles. The largest absolute Gasteiger partial charge is 0.320 e. The summed E-state index contributed by atoms with van der Waals surface area (Å²) in [4.78, 5) is 21.2. The van der Waals surface area contributed by atoms with Crippen LogP contribution in [-0.4, -0.2) is 33.5 Å². The normalized spacial score (nSPS) is 10.9. The van der Waals surface area contributed by atoms with Crippen molar-refractivity contribution in [2.75, 3.05) is 18.4 Å². The maximum Gasteiger partial charge on any atom is 0.255 e. The molecule has 3 rings (SSSR count). The summed E-state index contributed by atoms with van der Waals surface area (Å²) in [7, 11) is 0. The minimum absolute atomic E-state index is 0.151. The van der Waals surface area contributed by atoms with Crippen molar-refractivity contribution in [1.82, 2.24) is 19.9 Å². The maximum atomic E-state index is 12.3. The van der Waals surface area contributed by atoms with Crippen LogP contribution in [0.2, 0.25) is 0 Å². The number of nitrogens with zero attached hydrogens (tertiary/aromatic N) is 3. The first-order chi connectivity index (χ1) is 11.8. The Balaban J connectivity index is 1.77. The second kappa shape index (κ2) is 7.70. The van der Waals surface area contributed by atoms with E-state index in [4.69, 9.17) is 0 Å². The van der Waals surface area contributed by atoms with Crippen molar-refractivity contribution in [3.05, 3.63) is 54.5 Å². The first-order valence-corrected chi connectivity index (χ1v) is 8.16. The van der Waals surface area contributed by atoms with Crippen LogP contribution in [-0.2, 0) is 6.54 Å². The Morgan fingerprint density at radius 1 is 1.12 bits per heavy atom. The minimum Gasteiger partial charge on any atom is -0.320 e. The summed E-state index contributed by atoms with van der Waals surface area (Å²) in [6.45, 7) is 4.79. The van der Waals surface area contributed by atoms with Gasteiger partial charge in [-0.25, -0.2) is 9.97 Å². The van der Waals surface area contributed by atoms with Gasteiger partial charge in [-0.2, -0.15) is 0 Å². The maximum absolute atomic E-state index is 12.3. The van der Waals surface area contributed by atoms with Crippen LogP contribution in [0.15, 0.2) is 48.9 Å². The zero-order valence-corrected chi connectivity index (χ0v) is 13.7. The smallest absolute Gasteiger partial charge is 0.255 e. The summed E-state index contributed by atoms with van der Waals surface area (Å²) >= 11 is 0. The third-order valence-electron chi connectivity index (χ3n) is 3.74. The van der Waals surface area contributed by atoms with Crippen molar-refractivity contribution >= 4 is 22.8 Å². The molecule has 0 saturated heterocycles. The van der Waals surface area contributed by atoms with Gasteiger partial charge in [-0.15, -0.1) is 0 Å². The SMILES string of the molecule is CCCNCCn1cnc2c(NC(=O)c3ccccc3)ccnc21. The number of aromatic nitrogens is 3. The molecule has 0 radical (unpaired) electrons. The quantitative estimate of drug-likeness (QED) is 0.656. The van der Waals surface area contributed by atoms with Gasteiger partial charge in [-0.1, -0.05) is 25.1 Å². The van der Waals surface area contributed by atoms with E-state index in [1.807, 2.05) is 22.8 Å². The van der Waals surface area contributed by atoms with Gasteiger partial charge >= 0.3 is 0 Å². The van der Waals surface area contributed by atoms with Crippen LogP contribution in [0.25, 0.3) is 11.2 Å². The number of carbonyl (C=O) groups excluding carboxylic acids is 1. The number of imidazole rings is 1. The van der Waals surface area contributed by atoms with E-state index in [0.29, 0.717) is 16.8 Å². The molecule has 0 saturated carbocycles. The molecule has 3 aromatic rings. The molecule has 0 atom stereocenters. The molecular weight excluding hydrogens is 302 g/mol. The van der Waals surface area contributed by atoms with Crippen molar-refractivity contribution in [2.24, 2.45) is 0 Å². The first-order valence-electron chi connectivity index (χ1n) is 8.16. The van der Waals surface area contributed by atoms with E-state index in [1.54, 1.807) is 30.7 Å². The van der Waals surface area contributed by atoms with Crippen molar-refractivity contribution < 1.29 is 4.79 Å². The summed E-state index contributed by atoms with van der Waals surface area (Å²) in [5, 5.41) is 6.28. The lowest BCUT2D eigenvalue weighted by molar-refractivity contribution is 0.102. The highest BCUT2D eigenvalue weighted by Crippen LogP contribution is 2.20. The van der Waals surface area contributed by atoms with Crippen LogP contribution >= 0.6 is 0 Å². The number of nitrogens with one attached hydrogen (secondary N) is 2. The van der Waals surface area contributed by atoms with Crippen LogP contribution in [0.1, 0.15) is 23.7 Å². The second-order valence-electron chi connectivity index (χ2n) is 5.54. The molecule has 124 valence electrons. The standard InChI is InChI=1S/C18H21N5O/c1-2-9-19-11-12-23-13-21-16-15(8-10-20-17(16)23)22-18(24)14-6-4-3-5-7-14/h3-8,10,13,19H,2,9,11-12H2,1H3,(H,20,22,24). The molecule has 0 aliphatic heterocycles. The number of rotatable bonds is 7. The molecule has 2 aromatic heterocycles. The lowest BCUT2D eigenvalue weighted by Crippen LogP contribution is -2.20. The highest BCUT2D eigenvalue weighted by Gasteiger charge is 2.12. The monoisotopic (exact) mass is 323 g/mol. The lowest BCUT2D eigenvalue weighted by Gasteiger charge is -2.07. The number of anilines is 1. The van der Waals surface area contributed by atoms with Crippen molar-refractivity contribution in [1.29, 1.82) is 0 Å². The fraction of sp³-hybridized carbons (Fsp3) is 0.278. The molecule has 0 fully saturated rings. The van der Waals surface area contributed by atoms with E-state index >= 15 is 0 Å². The van der Waals surface area contributed by atoms with Gasteiger partial charge < -0.3 is 15.2 Å². The number of carbonyl (C=O) groups is 1. The van der Waals surface area contributed by atoms with Crippen LogP contribution < -0.4 is 10.6 Å². The van der Waals surface area contributed by atoms with Crippen LogP contribution in [0.4, 0.5) is 5.69 Å². The molecule has 0 spiro atoms. The molecule has 0 aliphatic rings. The van der Waals surface area contributed by atoms with Crippen molar-refractivity contribution in [2.45, 2.75) is 19.9 Å². The Kier molecular flexibility index (Phi) is 5.18. The first kappa shape index (κ1) is 16.1. The highest BCUT2D eigenvalue weighted by molar-refractivity contribution is 6.07. The number of amides is 1. The third kappa shape index (κ3) is 3.60. The molecule has 2 N–H and O–H groups in total. The van der Waals surface area contributed by atoms with Gasteiger partial charge in [-0.05, 0) is 31.2 Å². The number of benzene rings is 1. The Hall–Kier alpha value is -2.73. The Morgan fingerprint density at radius 3 is 2.75 bits per heavy atom. The van der Waals surface area contributed by atoms with E-state index in [9.17, 15) is 4.79 Å². The summed E-state index contributed by atoms with van der Waals surface area (Å²) < 4.78 is 2.00. The fourth-order valence-electron chi connectivity index (χ4n) is 2.51. The summed E-state index contributed by atoms with van der Waals surface area (Å²) in [6, 6.07) is 10.9. The molecule has 24 heavy (non-hydrogen) atoms. The second-order valence-corrected chi connectivity index (χ2v) is 5.54. The van der Waals surface area contributed by atoms with Crippen molar-refractivity contribution in [3.8, 4) is 0 Å². The van der Waals surface area contributed by atoms with E-state index in [2.05, 4.69) is 27.5 Å². The zero-order valence-electron chi connectivity index (χ0n) is 13.7. The van der Waals surface area contributed by atoms with Gasteiger partial charge in [0.2, 0.25) is 0 Å². The number of hydrogen-bond acceptors (Lipinski definition) is 4. The van der Waals surface area contributed by atoms with Gasteiger partial charge in [0.25, 0.3) is 5.91 Å². The molecular formula is C18H21N5O. The highest BCUT2D eigenvalue weighted by atomic mass is 16.1. The van der Waals surface area contributed by atoms with Crippen molar-refractivity contribution in [3.63, 3.8) is 0 Å². The molecule has 6 nitrogen and oxygen atoms in total. The predicted octanol–water partition coefficient (Wildman–Crippen LogP) is 2.68. The van der Waals surface area contributed by atoms with Gasteiger partial charge in [-0.3, -0.25) is 4.79 Å². The fourth-order valence-corrected chi connectivity index (χ4v) is 2.51. The topological polar surface area (TPSA) is 71.8 Å². The molecule has 0 aliphatic carbocycles. The lowest BCUT2D eigenvalue weighted by atomic mass is 10.2. The van der Waals surface area contributed by atoms with Crippen LogP contribution in [0.5, 0.6) is 0 Å². The molecule has 1 aromatic carbocycles. The number of hydrogen-bond donors (Lipinski definition) is 2. The van der Waals surface area contributed by atoms with E-state index in [1.165, 1.54) is 0 Å². The molecule has 1 amide bonds. The van der Waals surface area contributed by atoms with Crippen LogP contribution in [0, 0.1) is 0 Å². The van der Waals surface area contributed by atoms with Gasteiger partial charge in [0.1, 0.15) is 5.52 Å². The van der Waals surface area contributed by atoms with E-state index < -0.39 is 0 Å². The molecule has 0 bridgehead atoms. The summed E-state index contributed by atoms with van der Waals surface area (Å²) in [5.74, 6) is -0.151. The van der Waals surface area contributed by atoms with Crippen LogP contribution in [0.3, 0.4) is 0 Å². The third-order valence-corrected chi connectivity index (χ3v) is 3.74. The predicted molar refractivity (Wildman–Crippen MR) is 95.1 cm³/mol. The average molecular weight is 323 g/mol. The van der Waals surface area contributed by atoms with E-state index in [0.717, 1.165) is 31.7 Å². The number of pyridine rings is 1. The van der Waals surface area contributed by atoms with Gasteiger partial charge in [0.15, 0.2) is 5.65 Å². The average Bonchev–Trinajstić information content (AvgIpc) is 3.04. The Morgan fingerprint density at radius 2 is 1.96 bits per heavy atom. The Bertz CT molecular complexity index is 813.